The van der Waals surface area contributed by atoms with Crippen LogP contribution in [0.15, 0.2) is 30.3 Å². The Hall–Kier alpha value is -2.45. The van der Waals surface area contributed by atoms with Gasteiger partial charge in [-0.05, 0) is 31.2 Å². The third kappa shape index (κ3) is 5.25. The lowest BCUT2D eigenvalue weighted by Crippen LogP contribution is -2.54. The van der Waals surface area contributed by atoms with Gasteiger partial charge in [-0.3, -0.25) is 0 Å². The molecule has 0 radical (unpaired) electrons. The molecule has 0 aromatic heterocycles. The van der Waals surface area contributed by atoms with Gasteiger partial charge in [0, 0.05) is 30.8 Å². The summed E-state index contributed by atoms with van der Waals surface area (Å²) in [6, 6.07) is 9.43. The van der Waals surface area contributed by atoms with E-state index in [0.717, 1.165) is 51.6 Å². The Balaban J connectivity index is 0.000000401. The Morgan fingerprint density at radius 1 is 0.871 bits per heavy atom. The molecule has 2 saturated carbocycles. The van der Waals surface area contributed by atoms with Gasteiger partial charge in [0.05, 0.1) is 0 Å². The number of ether oxygens (including phenoxy) is 1. The van der Waals surface area contributed by atoms with Crippen molar-refractivity contribution >= 4 is 17.9 Å². The van der Waals surface area contributed by atoms with Gasteiger partial charge in [-0.25, -0.2) is 14.4 Å². The monoisotopic (exact) mass is 433 g/mol. The van der Waals surface area contributed by atoms with Crippen LogP contribution in [0.1, 0.15) is 50.5 Å². The first-order valence-electron chi connectivity index (χ1n) is 11.0. The lowest BCUT2D eigenvalue weighted by Gasteiger charge is -2.43. The molecule has 2 unspecified atom stereocenters. The SMILES string of the molecule is O=C(O)C(=O)O.O=C(OC1C2CCCC1CNC2)[C@](O)(c1ccccc1)C1CCCC1. The molecule has 1 aromatic rings. The Bertz CT molecular complexity index is 743. The zero-order chi connectivity index (χ0) is 22.4. The van der Waals surface area contributed by atoms with E-state index in [1.807, 2.05) is 30.3 Å². The van der Waals surface area contributed by atoms with E-state index in [9.17, 15) is 9.90 Å². The minimum Gasteiger partial charge on any atom is -0.473 e. The van der Waals surface area contributed by atoms with Gasteiger partial charge >= 0.3 is 17.9 Å². The zero-order valence-corrected chi connectivity index (χ0v) is 17.5. The van der Waals surface area contributed by atoms with Gasteiger partial charge in [-0.2, -0.15) is 0 Å². The molecule has 1 saturated heterocycles. The van der Waals surface area contributed by atoms with Crippen molar-refractivity contribution in [2.75, 3.05) is 13.1 Å². The van der Waals surface area contributed by atoms with Crippen molar-refractivity contribution in [3.05, 3.63) is 35.9 Å². The third-order valence-corrected chi connectivity index (χ3v) is 6.79. The van der Waals surface area contributed by atoms with Crippen LogP contribution in [0, 0.1) is 17.8 Å². The lowest BCUT2D eigenvalue weighted by atomic mass is 9.75. The van der Waals surface area contributed by atoms with Crippen LogP contribution >= 0.6 is 0 Å². The third-order valence-electron chi connectivity index (χ3n) is 6.79. The molecule has 2 bridgehead atoms. The minimum atomic E-state index is -1.82. The van der Waals surface area contributed by atoms with Crippen LogP contribution in [-0.2, 0) is 24.7 Å². The molecule has 4 N–H and O–H groups in total. The summed E-state index contributed by atoms with van der Waals surface area (Å²) < 4.78 is 6.06. The summed E-state index contributed by atoms with van der Waals surface area (Å²) in [5.74, 6) is -3.33. The second-order valence-electron chi connectivity index (χ2n) is 8.70. The van der Waals surface area contributed by atoms with Crippen LogP contribution < -0.4 is 5.32 Å². The summed E-state index contributed by atoms with van der Waals surface area (Å²) >= 11 is 0. The number of esters is 1. The molecule has 0 spiro atoms. The number of hydrogen-bond donors (Lipinski definition) is 4. The average molecular weight is 434 g/mol. The summed E-state index contributed by atoms with van der Waals surface area (Å²) in [5.41, 5.74) is -0.817. The van der Waals surface area contributed by atoms with Crippen molar-refractivity contribution in [2.24, 2.45) is 17.8 Å². The first kappa shape index (κ1) is 23.2. The molecule has 170 valence electrons. The number of piperidine rings is 1. The highest BCUT2D eigenvalue weighted by atomic mass is 16.6. The summed E-state index contributed by atoms with van der Waals surface area (Å²) in [5, 5.41) is 29.8. The smallest absolute Gasteiger partial charge is 0.414 e. The molecule has 1 aliphatic heterocycles. The van der Waals surface area contributed by atoms with E-state index >= 15 is 0 Å². The van der Waals surface area contributed by atoms with Crippen molar-refractivity contribution in [2.45, 2.75) is 56.7 Å². The Kier molecular flexibility index (Phi) is 7.67. The van der Waals surface area contributed by atoms with Crippen LogP contribution in [0.25, 0.3) is 0 Å². The molecule has 1 aromatic carbocycles. The van der Waals surface area contributed by atoms with Gasteiger partial charge in [0.15, 0.2) is 5.60 Å². The van der Waals surface area contributed by atoms with Crippen molar-refractivity contribution in [3.63, 3.8) is 0 Å². The fourth-order valence-electron chi connectivity index (χ4n) is 5.21. The minimum absolute atomic E-state index is 0.0380. The maximum absolute atomic E-state index is 13.3. The number of aliphatic carboxylic acids is 2. The highest BCUT2D eigenvalue weighted by molar-refractivity contribution is 6.27. The van der Waals surface area contributed by atoms with E-state index < -0.39 is 23.5 Å². The molecule has 2 aliphatic carbocycles. The molecule has 4 rings (SSSR count). The molecule has 3 aliphatic rings. The van der Waals surface area contributed by atoms with Gasteiger partial charge in [-0.1, -0.05) is 49.6 Å². The van der Waals surface area contributed by atoms with Crippen LogP contribution in [0.5, 0.6) is 0 Å². The summed E-state index contributed by atoms with van der Waals surface area (Å²) in [6.45, 7) is 1.84. The van der Waals surface area contributed by atoms with Crippen molar-refractivity contribution in [3.8, 4) is 0 Å². The number of fused-ring (bicyclic) bond motifs is 2. The van der Waals surface area contributed by atoms with E-state index in [2.05, 4.69) is 5.32 Å². The predicted octanol–water partition coefficient (Wildman–Crippen LogP) is 2.15. The van der Waals surface area contributed by atoms with Crippen LogP contribution in [0.3, 0.4) is 0 Å². The standard InChI is InChI=1S/C21H29NO3.C2H2O4/c23-20(25-19-15-7-6-8-16(19)14-22-13-15)21(24,18-11-4-5-12-18)17-9-2-1-3-10-17;3-1(4)2(5)6/h1-3,9-10,15-16,18-19,22,24H,4-8,11-14H2;(H,3,4)(H,5,6)/t15?,16?,19?,21-;/m0./s1. The first-order chi connectivity index (χ1) is 14.8. The van der Waals surface area contributed by atoms with E-state index in [1.54, 1.807) is 0 Å². The van der Waals surface area contributed by atoms with Gasteiger partial charge in [-0.15, -0.1) is 0 Å². The second-order valence-corrected chi connectivity index (χ2v) is 8.70. The number of aliphatic hydroxyl groups is 1. The number of carboxylic acids is 2. The molecule has 8 heteroatoms. The quantitative estimate of drug-likeness (QED) is 0.419. The fourth-order valence-corrected chi connectivity index (χ4v) is 5.21. The summed E-state index contributed by atoms with van der Waals surface area (Å²) in [7, 11) is 0. The highest BCUT2D eigenvalue weighted by Gasteiger charge is 2.50. The van der Waals surface area contributed by atoms with E-state index in [1.165, 1.54) is 6.42 Å². The van der Waals surface area contributed by atoms with E-state index in [4.69, 9.17) is 24.5 Å². The number of nitrogens with one attached hydrogen (secondary N) is 1. The lowest BCUT2D eigenvalue weighted by molar-refractivity contribution is -0.189. The predicted molar refractivity (Wildman–Crippen MR) is 111 cm³/mol. The second kappa shape index (κ2) is 10.2. The van der Waals surface area contributed by atoms with E-state index in [0.29, 0.717) is 17.4 Å². The highest BCUT2D eigenvalue weighted by Crippen LogP contribution is 2.43. The van der Waals surface area contributed by atoms with Crippen LogP contribution in [0.4, 0.5) is 0 Å². The van der Waals surface area contributed by atoms with Crippen LogP contribution in [-0.4, -0.2) is 52.4 Å². The number of hydrogen-bond acceptors (Lipinski definition) is 6. The fraction of sp³-hybridized carbons (Fsp3) is 0.609. The Morgan fingerprint density at radius 3 is 1.94 bits per heavy atom. The largest absolute Gasteiger partial charge is 0.473 e. The topological polar surface area (TPSA) is 133 Å². The maximum Gasteiger partial charge on any atom is 0.414 e. The number of carbonyl (C=O) groups excluding carboxylic acids is 1. The number of carboxylic acid groups (broad SMARTS) is 2. The Morgan fingerprint density at radius 2 is 1.42 bits per heavy atom. The maximum atomic E-state index is 13.3. The molecule has 3 fully saturated rings. The molecule has 3 atom stereocenters. The number of rotatable bonds is 4. The summed E-state index contributed by atoms with van der Waals surface area (Å²) in [4.78, 5) is 31.5. The van der Waals surface area contributed by atoms with Crippen molar-refractivity contribution < 1.29 is 34.4 Å². The molecular formula is C23H31NO7. The zero-order valence-electron chi connectivity index (χ0n) is 17.5. The molecule has 31 heavy (non-hydrogen) atoms. The Labute approximate surface area is 181 Å². The van der Waals surface area contributed by atoms with Crippen molar-refractivity contribution in [1.29, 1.82) is 0 Å². The van der Waals surface area contributed by atoms with Gasteiger partial charge in [0.1, 0.15) is 6.10 Å². The summed E-state index contributed by atoms with van der Waals surface area (Å²) in [6.07, 6.45) is 7.32. The molecule has 8 nitrogen and oxygen atoms in total. The van der Waals surface area contributed by atoms with Gasteiger partial charge in [0.25, 0.3) is 0 Å². The number of carbonyl (C=O) groups is 3. The molecule has 0 amide bonds. The molecular weight excluding hydrogens is 402 g/mol. The normalized spacial score (nSPS) is 27.3. The van der Waals surface area contributed by atoms with Crippen molar-refractivity contribution in [1.82, 2.24) is 5.32 Å². The number of benzene rings is 1. The van der Waals surface area contributed by atoms with E-state index in [-0.39, 0.29) is 12.0 Å². The molecule has 1 heterocycles. The average Bonchev–Trinajstić information content (AvgIpc) is 3.29. The van der Waals surface area contributed by atoms with Gasteiger partial charge < -0.3 is 25.4 Å². The van der Waals surface area contributed by atoms with Gasteiger partial charge in [0.2, 0.25) is 0 Å². The van der Waals surface area contributed by atoms with Crippen LogP contribution in [0.2, 0.25) is 0 Å². The first-order valence-corrected chi connectivity index (χ1v) is 11.0.